The number of rotatable bonds is 4. The third-order valence-electron chi connectivity index (χ3n) is 2.50. The minimum absolute atomic E-state index is 0.0932. The highest BCUT2D eigenvalue weighted by Gasteiger charge is 2.15. The average molecular weight is 298 g/mol. The Kier molecular flexibility index (Phi) is 3.92. The summed E-state index contributed by atoms with van der Waals surface area (Å²) >= 11 is 5.68. The van der Waals surface area contributed by atoms with Crippen molar-refractivity contribution in [1.82, 2.24) is 4.98 Å². The number of sulfonamides is 1. The maximum absolute atomic E-state index is 12.1. The van der Waals surface area contributed by atoms with Crippen molar-refractivity contribution in [2.45, 2.75) is 10.8 Å². The second-order valence-electron chi connectivity index (χ2n) is 3.84. The Morgan fingerprint density at radius 3 is 2.47 bits per heavy atom. The topological polar surface area (TPSA) is 85.1 Å². The molecule has 0 bridgehead atoms. The monoisotopic (exact) mass is 297 g/mol. The number of nitrogens with one attached hydrogen (secondary N) is 1. The molecule has 5 nitrogen and oxygen atoms in total. The predicted octanol–water partition coefficient (Wildman–Crippen LogP) is 2.20. The van der Waals surface area contributed by atoms with Crippen molar-refractivity contribution in [2.75, 3.05) is 10.5 Å². The number of hydrogen-bond donors (Lipinski definition) is 2. The molecule has 0 fully saturated rings. The zero-order valence-corrected chi connectivity index (χ0v) is 11.4. The van der Waals surface area contributed by atoms with Crippen molar-refractivity contribution < 1.29 is 8.42 Å². The Bertz CT molecular complexity index is 675. The number of benzene rings is 1. The van der Waals surface area contributed by atoms with Crippen LogP contribution in [-0.2, 0) is 15.9 Å². The van der Waals surface area contributed by atoms with E-state index >= 15 is 0 Å². The standard InChI is InChI=1S/C12H12ClN3O2S/c13-8-9-1-2-11(7-12(9)14)19(17,18)16-10-3-5-15-6-4-10/h1-7H,8,14H2,(H,15,16). The second kappa shape index (κ2) is 5.46. The Labute approximate surface area is 116 Å². The molecule has 1 aromatic heterocycles. The lowest BCUT2D eigenvalue weighted by atomic mass is 10.2. The van der Waals surface area contributed by atoms with E-state index in [1.165, 1.54) is 24.5 Å². The van der Waals surface area contributed by atoms with Gasteiger partial charge >= 0.3 is 0 Å². The summed E-state index contributed by atoms with van der Waals surface area (Å²) in [4.78, 5) is 3.91. The van der Waals surface area contributed by atoms with Crippen LogP contribution in [0.15, 0.2) is 47.6 Å². The Morgan fingerprint density at radius 2 is 1.89 bits per heavy atom. The summed E-state index contributed by atoms with van der Waals surface area (Å²) in [5.74, 6) is 0.240. The van der Waals surface area contributed by atoms with Gasteiger partial charge in [0.2, 0.25) is 0 Å². The van der Waals surface area contributed by atoms with Crippen LogP contribution in [0.3, 0.4) is 0 Å². The molecule has 7 heteroatoms. The molecule has 0 radical (unpaired) electrons. The van der Waals surface area contributed by atoms with Crippen LogP contribution in [0, 0.1) is 0 Å². The van der Waals surface area contributed by atoms with E-state index in [1.807, 2.05) is 0 Å². The first kappa shape index (κ1) is 13.6. The molecule has 0 aliphatic rings. The minimum atomic E-state index is -3.66. The third kappa shape index (κ3) is 3.15. The summed E-state index contributed by atoms with van der Waals surface area (Å²) in [5.41, 5.74) is 7.23. The highest BCUT2D eigenvalue weighted by atomic mass is 35.5. The number of nitrogens with zero attached hydrogens (tertiary/aromatic N) is 1. The molecule has 1 aromatic carbocycles. The highest BCUT2D eigenvalue weighted by Crippen LogP contribution is 2.21. The van der Waals surface area contributed by atoms with Gasteiger partial charge in [0, 0.05) is 24.0 Å². The van der Waals surface area contributed by atoms with Crippen molar-refractivity contribution in [2.24, 2.45) is 0 Å². The predicted molar refractivity (Wildman–Crippen MR) is 75.5 cm³/mol. The summed E-state index contributed by atoms with van der Waals surface area (Å²) in [7, 11) is -3.66. The molecule has 0 atom stereocenters. The average Bonchev–Trinajstić information content (AvgIpc) is 2.39. The smallest absolute Gasteiger partial charge is 0.261 e. The number of nitrogen functional groups attached to an aromatic ring is 1. The van der Waals surface area contributed by atoms with Gasteiger partial charge in [0.15, 0.2) is 0 Å². The second-order valence-corrected chi connectivity index (χ2v) is 5.79. The zero-order valence-electron chi connectivity index (χ0n) is 9.88. The van der Waals surface area contributed by atoms with Crippen LogP contribution in [0.1, 0.15) is 5.56 Å². The fraction of sp³-hybridized carbons (Fsp3) is 0.0833. The molecule has 3 N–H and O–H groups in total. The van der Waals surface area contributed by atoms with Crippen molar-refractivity contribution in [1.29, 1.82) is 0 Å². The van der Waals surface area contributed by atoms with E-state index in [-0.39, 0.29) is 10.8 Å². The lowest BCUT2D eigenvalue weighted by Gasteiger charge is -2.09. The number of halogens is 1. The van der Waals surface area contributed by atoms with E-state index in [4.69, 9.17) is 17.3 Å². The van der Waals surface area contributed by atoms with Crippen molar-refractivity contribution >= 4 is 33.0 Å². The van der Waals surface area contributed by atoms with E-state index in [2.05, 4.69) is 9.71 Å². The van der Waals surface area contributed by atoms with Gasteiger partial charge in [-0.2, -0.15) is 0 Å². The molecule has 0 saturated carbocycles. The zero-order chi connectivity index (χ0) is 13.9. The number of hydrogen-bond acceptors (Lipinski definition) is 4. The van der Waals surface area contributed by atoms with Gasteiger partial charge in [-0.25, -0.2) is 8.42 Å². The number of aromatic nitrogens is 1. The largest absolute Gasteiger partial charge is 0.398 e. The quantitative estimate of drug-likeness (QED) is 0.669. The summed E-state index contributed by atoms with van der Waals surface area (Å²) in [6.07, 6.45) is 3.01. The summed E-state index contributed by atoms with van der Waals surface area (Å²) in [5, 5.41) is 0. The number of alkyl halides is 1. The number of anilines is 2. The molecule has 0 aliphatic heterocycles. The maximum atomic E-state index is 12.1. The van der Waals surface area contributed by atoms with Gasteiger partial charge < -0.3 is 5.73 Å². The third-order valence-corrected chi connectivity index (χ3v) is 4.17. The van der Waals surface area contributed by atoms with E-state index in [0.717, 1.165) is 0 Å². The molecule has 0 saturated heterocycles. The molecule has 0 spiro atoms. The first-order valence-electron chi connectivity index (χ1n) is 5.40. The van der Waals surface area contributed by atoms with Gasteiger partial charge in [-0.1, -0.05) is 6.07 Å². The van der Waals surface area contributed by atoms with Crippen LogP contribution >= 0.6 is 11.6 Å². The van der Waals surface area contributed by atoms with Crippen LogP contribution in [-0.4, -0.2) is 13.4 Å². The van der Waals surface area contributed by atoms with E-state index < -0.39 is 10.0 Å². The highest BCUT2D eigenvalue weighted by molar-refractivity contribution is 7.92. The van der Waals surface area contributed by atoms with Crippen LogP contribution in [0.5, 0.6) is 0 Å². The molecule has 2 rings (SSSR count). The van der Waals surface area contributed by atoms with Crippen LogP contribution in [0.2, 0.25) is 0 Å². The van der Waals surface area contributed by atoms with Gasteiger partial charge in [-0.3, -0.25) is 9.71 Å². The fourth-order valence-electron chi connectivity index (χ4n) is 1.50. The van der Waals surface area contributed by atoms with E-state index in [1.54, 1.807) is 18.2 Å². The first-order chi connectivity index (χ1) is 9.03. The molecule has 2 aromatic rings. The van der Waals surface area contributed by atoms with Crippen LogP contribution in [0.4, 0.5) is 11.4 Å². The Balaban J connectivity index is 2.32. The molecule has 19 heavy (non-hydrogen) atoms. The maximum Gasteiger partial charge on any atom is 0.261 e. The van der Waals surface area contributed by atoms with Gasteiger partial charge in [0.25, 0.3) is 10.0 Å². The minimum Gasteiger partial charge on any atom is -0.398 e. The Morgan fingerprint density at radius 1 is 1.21 bits per heavy atom. The molecular weight excluding hydrogens is 286 g/mol. The fourth-order valence-corrected chi connectivity index (χ4v) is 2.83. The van der Waals surface area contributed by atoms with Gasteiger partial charge in [-0.15, -0.1) is 11.6 Å². The number of nitrogens with two attached hydrogens (primary N) is 1. The van der Waals surface area contributed by atoms with Gasteiger partial charge in [0.05, 0.1) is 10.6 Å². The molecule has 0 unspecified atom stereocenters. The summed E-state index contributed by atoms with van der Waals surface area (Å²) in [6, 6.07) is 7.59. The van der Waals surface area contributed by atoms with Gasteiger partial charge in [0.1, 0.15) is 0 Å². The van der Waals surface area contributed by atoms with Crippen molar-refractivity contribution in [3.63, 3.8) is 0 Å². The number of pyridine rings is 1. The molecule has 0 amide bonds. The van der Waals surface area contributed by atoms with Crippen molar-refractivity contribution in [3.8, 4) is 0 Å². The SMILES string of the molecule is Nc1cc(S(=O)(=O)Nc2ccncc2)ccc1CCl. The first-order valence-corrected chi connectivity index (χ1v) is 7.42. The Hall–Kier alpha value is -1.79. The molecular formula is C12H12ClN3O2S. The van der Waals surface area contributed by atoms with Crippen molar-refractivity contribution in [3.05, 3.63) is 48.3 Å². The van der Waals surface area contributed by atoms with Gasteiger partial charge in [-0.05, 0) is 29.8 Å². The summed E-state index contributed by atoms with van der Waals surface area (Å²) in [6.45, 7) is 0. The molecule has 1 heterocycles. The van der Waals surface area contributed by atoms with Crippen LogP contribution in [0.25, 0.3) is 0 Å². The van der Waals surface area contributed by atoms with E-state index in [0.29, 0.717) is 16.9 Å². The molecule has 100 valence electrons. The normalized spacial score (nSPS) is 11.2. The lowest BCUT2D eigenvalue weighted by molar-refractivity contribution is 0.601. The lowest BCUT2D eigenvalue weighted by Crippen LogP contribution is -2.13. The molecule has 0 aliphatic carbocycles. The van der Waals surface area contributed by atoms with Crippen LogP contribution < -0.4 is 10.5 Å². The summed E-state index contributed by atoms with van der Waals surface area (Å²) < 4.78 is 26.7. The van der Waals surface area contributed by atoms with E-state index in [9.17, 15) is 8.42 Å².